The smallest absolute Gasteiger partial charge is 0.119 e. The van der Waals surface area contributed by atoms with Gasteiger partial charge in [-0.15, -0.1) is 10.2 Å². The van der Waals surface area contributed by atoms with Gasteiger partial charge in [0, 0.05) is 6.54 Å². The fraction of sp³-hybridized carbons (Fsp3) is 0.333. The molecule has 0 radical (unpaired) electrons. The molecular formula is C6H9N3. The van der Waals surface area contributed by atoms with Crippen LogP contribution >= 0.6 is 0 Å². The Morgan fingerprint density at radius 2 is 2.11 bits per heavy atom. The summed E-state index contributed by atoms with van der Waals surface area (Å²) in [4.78, 5) is 0. The van der Waals surface area contributed by atoms with E-state index in [-0.39, 0.29) is 0 Å². The quantitative estimate of drug-likeness (QED) is 0.546. The highest BCUT2D eigenvalue weighted by atomic mass is 15.2. The molecule has 1 aromatic heterocycles. The van der Waals surface area contributed by atoms with Crippen molar-refractivity contribution in [1.29, 1.82) is 0 Å². The van der Waals surface area contributed by atoms with Gasteiger partial charge < -0.3 is 4.57 Å². The zero-order chi connectivity index (χ0) is 6.53. The molecule has 0 aromatic carbocycles. The van der Waals surface area contributed by atoms with Crippen molar-refractivity contribution in [2.24, 2.45) is 0 Å². The molecule has 0 spiro atoms. The van der Waals surface area contributed by atoms with E-state index in [0.717, 1.165) is 6.54 Å². The SMILES string of the molecule is CC=CCn1cnnc1. The van der Waals surface area contributed by atoms with Crippen LogP contribution in [0.3, 0.4) is 0 Å². The lowest BCUT2D eigenvalue weighted by Gasteiger charge is -1.89. The van der Waals surface area contributed by atoms with Gasteiger partial charge in [0.05, 0.1) is 0 Å². The number of hydrogen-bond acceptors (Lipinski definition) is 2. The van der Waals surface area contributed by atoms with Gasteiger partial charge in [-0.3, -0.25) is 0 Å². The Balaban J connectivity index is 2.48. The van der Waals surface area contributed by atoms with Crippen molar-refractivity contribution in [3.63, 3.8) is 0 Å². The highest BCUT2D eigenvalue weighted by Gasteiger charge is 1.81. The summed E-state index contributed by atoms with van der Waals surface area (Å²) in [5.74, 6) is 0. The summed E-state index contributed by atoms with van der Waals surface area (Å²) in [5.41, 5.74) is 0. The fourth-order valence-corrected chi connectivity index (χ4v) is 0.544. The van der Waals surface area contributed by atoms with Crippen LogP contribution in [0.25, 0.3) is 0 Å². The first-order valence-corrected chi connectivity index (χ1v) is 2.87. The number of nitrogens with zero attached hydrogens (tertiary/aromatic N) is 3. The maximum Gasteiger partial charge on any atom is 0.119 e. The Morgan fingerprint density at radius 3 is 2.67 bits per heavy atom. The van der Waals surface area contributed by atoms with Crippen molar-refractivity contribution in [1.82, 2.24) is 14.8 Å². The van der Waals surface area contributed by atoms with Crippen molar-refractivity contribution in [2.45, 2.75) is 13.5 Å². The standard InChI is InChI=1S/C6H9N3/c1-2-3-4-9-5-7-8-6-9/h2-3,5-6H,4H2,1H3. The molecule has 0 saturated carbocycles. The van der Waals surface area contributed by atoms with Crippen molar-refractivity contribution < 1.29 is 0 Å². The van der Waals surface area contributed by atoms with Crippen LogP contribution in [0.4, 0.5) is 0 Å². The summed E-state index contributed by atoms with van der Waals surface area (Å²) in [7, 11) is 0. The lowest BCUT2D eigenvalue weighted by Crippen LogP contribution is -1.88. The Hall–Kier alpha value is -1.12. The van der Waals surface area contributed by atoms with Gasteiger partial charge in [0.1, 0.15) is 12.7 Å². The molecule has 0 bridgehead atoms. The molecule has 0 aliphatic carbocycles. The lowest BCUT2D eigenvalue weighted by atomic mass is 10.5. The average molecular weight is 123 g/mol. The number of allylic oxidation sites excluding steroid dienone is 2. The molecule has 0 fully saturated rings. The Bertz CT molecular complexity index is 176. The number of aromatic nitrogens is 3. The van der Waals surface area contributed by atoms with Gasteiger partial charge in [0.2, 0.25) is 0 Å². The zero-order valence-electron chi connectivity index (χ0n) is 5.36. The largest absolute Gasteiger partial charge is 0.316 e. The molecule has 0 unspecified atom stereocenters. The monoisotopic (exact) mass is 123 g/mol. The van der Waals surface area contributed by atoms with E-state index in [0.29, 0.717) is 0 Å². The van der Waals surface area contributed by atoms with Crippen LogP contribution in [-0.2, 0) is 6.54 Å². The van der Waals surface area contributed by atoms with E-state index in [1.54, 1.807) is 12.7 Å². The molecule has 9 heavy (non-hydrogen) atoms. The summed E-state index contributed by atoms with van der Waals surface area (Å²) in [6, 6.07) is 0. The zero-order valence-corrected chi connectivity index (χ0v) is 5.36. The molecule has 1 aromatic rings. The predicted octanol–water partition coefficient (Wildman–Crippen LogP) is 0.854. The number of rotatable bonds is 2. The summed E-state index contributed by atoms with van der Waals surface area (Å²) in [5, 5.41) is 7.31. The van der Waals surface area contributed by atoms with Crippen molar-refractivity contribution in [3.05, 3.63) is 24.8 Å². The highest BCUT2D eigenvalue weighted by molar-refractivity contribution is 4.78. The Morgan fingerprint density at radius 1 is 1.44 bits per heavy atom. The Labute approximate surface area is 54.0 Å². The normalized spacial score (nSPS) is 10.8. The van der Waals surface area contributed by atoms with Crippen molar-refractivity contribution >= 4 is 0 Å². The molecule has 1 rings (SSSR count). The second-order valence-corrected chi connectivity index (χ2v) is 1.73. The molecule has 3 heteroatoms. The van der Waals surface area contributed by atoms with Gasteiger partial charge in [-0.05, 0) is 6.92 Å². The third-order valence-electron chi connectivity index (χ3n) is 1.02. The number of hydrogen-bond donors (Lipinski definition) is 0. The molecule has 0 aliphatic heterocycles. The van der Waals surface area contributed by atoms with E-state index in [1.165, 1.54) is 0 Å². The van der Waals surface area contributed by atoms with Gasteiger partial charge in [-0.1, -0.05) is 12.2 Å². The van der Waals surface area contributed by atoms with Gasteiger partial charge >= 0.3 is 0 Å². The maximum atomic E-state index is 3.65. The minimum atomic E-state index is 0.865. The molecule has 1 heterocycles. The molecule has 0 aliphatic rings. The van der Waals surface area contributed by atoms with E-state index < -0.39 is 0 Å². The van der Waals surface area contributed by atoms with E-state index in [4.69, 9.17) is 0 Å². The van der Waals surface area contributed by atoms with Crippen LogP contribution in [0.1, 0.15) is 6.92 Å². The third kappa shape index (κ3) is 1.68. The first-order chi connectivity index (χ1) is 4.43. The molecule has 0 atom stereocenters. The van der Waals surface area contributed by atoms with Gasteiger partial charge in [0.15, 0.2) is 0 Å². The van der Waals surface area contributed by atoms with Gasteiger partial charge in [-0.25, -0.2) is 0 Å². The Kier molecular flexibility index (Phi) is 2.01. The first kappa shape index (κ1) is 6.01. The van der Waals surface area contributed by atoms with E-state index in [1.807, 2.05) is 23.6 Å². The second-order valence-electron chi connectivity index (χ2n) is 1.73. The minimum Gasteiger partial charge on any atom is -0.316 e. The lowest BCUT2D eigenvalue weighted by molar-refractivity contribution is 0.816. The van der Waals surface area contributed by atoms with E-state index in [2.05, 4.69) is 10.2 Å². The molecule has 0 saturated heterocycles. The van der Waals surface area contributed by atoms with Gasteiger partial charge in [0.25, 0.3) is 0 Å². The summed E-state index contributed by atoms with van der Waals surface area (Å²) < 4.78 is 1.90. The summed E-state index contributed by atoms with van der Waals surface area (Å²) >= 11 is 0. The first-order valence-electron chi connectivity index (χ1n) is 2.87. The second kappa shape index (κ2) is 3.02. The van der Waals surface area contributed by atoms with Crippen molar-refractivity contribution in [2.75, 3.05) is 0 Å². The fourth-order valence-electron chi connectivity index (χ4n) is 0.544. The molecule has 48 valence electrons. The third-order valence-corrected chi connectivity index (χ3v) is 1.02. The van der Waals surface area contributed by atoms with Crippen LogP contribution in [0.5, 0.6) is 0 Å². The van der Waals surface area contributed by atoms with E-state index >= 15 is 0 Å². The van der Waals surface area contributed by atoms with Crippen LogP contribution in [0.2, 0.25) is 0 Å². The maximum absolute atomic E-state index is 3.65. The molecule has 0 N–H and O–H groups in total. The van der Waals surface area contributed by atoms with Crippen LogP contribution in [0, 0.1) is 0 Å². The molecule has 3 nitrogen and oxygen atoms in total. The minimum absolute atomic E-state index is 0.865. The van der Waals surface area contributed by atoms with Crippen LogP contribution < -0.4 is 0 Å². The molecular weight excluding hydrogens is 114 g/mol. The van der Waals surface area contributed by atoms with Crippen LogP contribution in [-0.4, -0.2) is 14.8 Å². The van der Waals surface area contributed by atoms with Gasteiger partial charge in [-0.2, -0.15) is 0 Å². The summed E-state index contributed by atoms with van der Waals surface area (Å²) in [6.07, 6.45) is 7.43. The van der Waals surface area contributed by atoms with Crippen molar-refractivity contribution in [3.8, 4) is 0 Å². The molecule has 0 amide bonds. The van der Waals surface area contributed by atoms with Crippen LogP contribution in [0.15, 0.2) is 24.8 Å². The topological polar surface area (TPSA) is 30.7 Å². The predicted molar refractivity (Wildman–Crippen MR) is 34.8 cm³/mol. The highest BCUT2D eigenvalue weighted by Crippen LogP contribution is 1.82. The average Bonchev–Trinajstić information content (AvgIpc) is 2.34. The van der Waals surface area contributed by atoms with E-state index in [9.17, 15) is 0 Å². The summed E-state index contributed by atoms with van der Waals surface area (Å²) in [6.45, 7) is 2.86.